The van der Waals surface area contributed by atoms with Gasteiger partial charge in [-0.25, -0.2) is 4.98 Å². The highest BCUT2D eigenvalue weighted by Crippen LogP contribution is 2.33. The molecule has 0 aliphatic rings. The third kappa shape index (κ3) is 3.99. The lowest BCUT2D eigenvalue weighted by Crippen LogP contribution is -2.09. The van der Waals surface area contributed by atoms with Crippen LogP contribution in [0.4, 0.5) is 0 Å². The highest BCUT2D eigenvalue weighted by molar-refractivity contribution is 9.11. The molecule has 0 amide bonds. The molecule has 3 nitrogen and oxygen atoms in total. The number of aromatic nitrogens is 2. The van der Waals surface area contributed by atoms with Gasteiger partial charge in [-0.15, -0.1) is 0 Å². The zero-order valence-electron chi connectivity index (χ0n) is 15.5. The average Bonchev–Trinajstić information content (AvgIpc) is 2.87. The van der Waals surface area contributed by atoms with Gasteiger partial charge in [0.25, 0.3) is 0 Å². The van der Waals surface area contributed by atoms with Crippen molar-refractivity contribution in [3.63, 3.8) is 0 Å². The van der Waals surface area contributed by atoms with E-state index in [-0.39, 0.29) is 5.75 Å². The maximum atomic E-state index is 11.6. The molecule has 0 unspecified atom stereocenters. The Hall–Kier alpha value is -1.33. The second-order valence-corrected chi connectivity index (χ2v) is 9.16. The first-order chi connectivity index (χ1) is 12.3. The van der Waals surface area contributed by atoms with Crippen LogP contribution in [-0.4, -0.2) is 9.55 Å². The van der Waals surface area contributed by atoms with Gasteiger partial charge in [0.15, 0.2) is 5.75 Å². The number of fused-ring (bicyclic) bond motifs is 1. The molecule has 5 heteroatoms. The Kier molecular flexibility index (Phi) is 5.78. The van der Waals surface area contributed by atoms with Crippen molar-refractivity contribution < 1.29 is 5.11 Å². The van der Waals surface area contributed by atoms with Gasteiger partial charge >= 0.3 is 0 Å². The van der Waals surface area contributed by atoms with Crippen LogP contribution in [0.1, 0.15) is 50.7 Å². The molecule has 1 radical (unpaired) electrons. The second kappa shape index (κ2) is 7.73. The Morgan fingerprint density at radius 3 is 2.27 bits per heavy atom. The molecule has 0 saturated carbocycles. The van der Waals surface area contributed by atoms with Crippen LogP contribution in [0.15, 0.2) is 39.3 Å². The minimum atomic E-state index is -0.000775. The molecular weight excluding hydrogens is 456 g/mol. The fourth-order valence-electron chi connectivity index (χ4n) is 3.34. The number of halogens is 2. The maximum Gasteiger partial charge on any atom is 0.180 e. The number of hydrogen-bond acceptors (Lipinski definition) is 1. The van der Waals surface area contributed by atoms with Crippen LogP contribution in [0, 0.1) is 5.92 Å². The molecule has 0 atom stereocenters. The predicted octanol–water partition coefficient (Wildman–Crippen LogP) is 7.08. The van der Waals surface area contributed by atoms with Gasteiger partial charge in [0.05, 0.1) is 11.0 Å². The summed E-state index contributed by atoms with van der Waals surface area (Å²) in [7, 11) is 0. The molecule has 0 spiro atoms. The summed E-state index contributed by atoms with van der Waals surface area (Å²) < 4.78 is 4.04. The van der Waals surface area contributed by atoms with E-state index in [1.165, 1.54) is 11.1 Å². The molecule has 0 fully saturated rings. The van der Waals surface area contributed by atoms with E-state index in [1.54, 1.807) is 12.1 Å². The van der Waals surface area contributed by atoms with Crippen molar-refractivity contribution in [3.05, 3.63) is 56.2 Å². The molecule has 3 aromatic rings. The summed E-state index contributed by atoms with van der Waals surface area (Å²) in [6, 6.07) is 10.1. The second-order valence-electron chi connectivity index (χ2n) is 7.46. The zero-order valence-corrected chi connectivity index (χ0v) is 18.7. The molecule has 0 aliphatic carbocycles. The Labute approximate surface area is 171 Å². The van der Waals surface area contributed by atoms with Crippen molar-refractivity contribution in [1.82, 2.24) is 9.55 Å². The maximum absolute atomic E-state index is 11.6. The van der Waals surface area contributed by atoms with E-state index < -0.39 is 0 Å². The molecular formula is C21H23Br2N2O. The number of rotatable bonds is 5. The van der Waals surface area contributed by atoms with E-state index in [9.17, 15) is 5.11 Å². The van der Waals surface area contributed by atoms with Gasteiger partial charge in [-0.2, -0.15) is 0 Å². The first kappa shape index (κ1) is 19.4. The first-order valence-electron chi connectivity index (χ1n) is 8.91. The Morgan fingerprint density at radius 1 is 1.04 bits per heavy atom. The van der Waals surface area contributed by atoms with Crippen molar-refractivity contribution >= 4 is 42.9 Å². The van der Waals surface area contributed by atoms with E-state index in [0.29, 0.717) is 12.0 Å². The van der Waals surface area contributed by atoms with E-state index in [4.69, 9.17) is 4.98 Å². The SMILES string of the molecule is CC(C)Cc1nc2ccc(Cc3c(Br)cc([O])cc3Br)cc2n1C(C)C. The Bertz CT molecular complexity index is 922. The van der Waals surface area contributed by atoms with E-state index in [2.05, 4.69) is 82.3 Å². The van der Waals surface area contributed by atoms with E-state index in [0.717, 1.165) is 38.7 Å². The van der Waals surface area contributed by atoms with Gasteiger partial charge in [0, 0.05) is 21.4 Å². The fraction of sp³-hybridized carbons (Fsp3) is 0.381. The van der Waals surface area contributed by atoms with E-state index in [1.807, 2.05) is 0 Å². The summed E-state index contributed by atoms with van der Waals surface area (Å²) >= 11 is 7.05. The minimum Gasteiger partial charge on any atom is -0.325 e. The number of hydrogen-bond donors (Lipinski definition) is 0. The van der Waals surface area contributed by atoms with Crippen LogP contribution in [0.2, 0.25) is 0 Å². The summed E-state index contributed by atoms with van der Waals surface area (Å²) in [4.78, 5) is 4.87. The lowest BCUT2D eigenvalue weighted by molar-refractivity contribution is 0.354. The summed E-state index contributed by atoms with van der Waals surface area (Å²) in [6.45, 7) is 8.86. The smallest absolute Gasteiger partial charge is 0.180 e. The number of benzene rings is 2. The van der Waals surface area contributed by atoms with Crippen molar-refractivity contribution in [2.45, 2.75) is 46.6 Å². The zero-order chi connectivity index (χ0) is 19.0. The van der Waals surface area contributed by atoms with Crippen LogP contribution < -0.4 is 0 Å². The van der Waals surface area contributed by atoms with Gasteiger partial charge < -0.3 is 4.57 Å². The molecule has 0 saturated heterocycles. The standard InChI is InChI=1S/C21H23Br2N2O/c1-12(2)7-21-24-19-6-5-14(9-20(19)25(21)13(3)4)8-16-17(22)10-15(26)11-18(16)23/h5-6,9-13H,7-8H2,1-4H3. The van der Waals surface area contributed by atoms with Gasteiger partial charge in [-0.05, 0) is 61.6 Å². The first-order valence-corrected chi connectivity index (χ1v) is 10.5. The van der Waals surface area contributed by atoms with Gasteiger partial charge in [-0.3, -0.25) is 5.11 Å². The molecule has 0 bridgehead atoms. The van der Waals surface area contributed by atoms with Gasteiger partial charge in [0.1, 0.15) is 5.82 Å². The lowest BCUT2D eigenvalue weighted by Gasteiger charge is -2.15. The van der Waals surface area contributed by atoms with Crippen molar-refractivity contribution in [2.75, 3.05) is 0 Å². The monoisotopic (exact) mass is 477 g/mol. The molecule has 1 aromatic heterocycles. The third-order valence-electron chi connectivity index (χ3n) is 4.43. The molecule has 137 valence electrons. The Morgan fingerprint density at radius 2 is 1.69 bits per heavy atom. The van der Waals surface area contributed by atoms with Gasteiger partial charge in [-0.1, -0.05) is 51.8 Å². The molecule has 0 N–H and O–H groups in total. The highest BCUT2D eigenvalue weighted by atomic mass is 79.9. The molecule has 3 rings (SSSR count). The van der Waals surface area contributed by atoms with Crippen LogP contribution in [0.5, 0.6) is 5.75 Å². The van der Waals surface area contributed by atoms with Crippen LogP contribution >= 0.6 is 31.9 Å². The van der Waals surface area contributed by atoms with E-state index >= 15 is 0 Å². The molecule has 0 aliphatic heterocycles. The van der Waals surface area contributed by atoms with Crippen molar-refractivity contribution in [1.29, 1.82) is 0 Å². The topological polar surface area (TPSA) is 37.7 Å². The quantitative estimate of drug-likeness (QED) is 0.386. The predicted molar refractivity (Wildman–Crippen MR) is 113 cm³/mol. The van der Waals surface area contributed by atoms with Crippen LogP contribution in [-0.2, 0) is 17.9 Å². The molecule has 2 aromatic carbocycles. The van der Waals surface area contributed by atoms with Gasteiger partial charge in [0.2, 0.25) is 0 Å². The number of imidazole rings is 1. The highest BCUT2D eigenvalue weighted by Gasteiger charge is 2.16. The summed E-state index contributed by atoms with van der Waals surface area (Å²) in [5, 5.41) is 11.6. The van der Waals surface area contributed by atoms with Crippen LogP contribution in [0.3, 0.4) is 0 Å². The van der Waals surface area contributed by atoms with Crippen molar-refractivity contribution in [2.24, 2.45) is 5.92 Å². The van der Waals surface area contributed by atoms with Crippen molar-refractivity contribution in [3.8, 4) is 5.75 Å². The van der Waals surface area contributed by atoms with Crippen LogP contribution in [0.25, 0.3) is 11.0 Å². The summed E-state index contributed by atoms with van der Waals surface area (Å²) in [5.41, 5.74) is 4.52. The molecule has 1 heterocycles. The lowest BCUT2D eigenvalue weighted by atomic mass is 10.0. The number of nitrogens with zero attached hydrogens (tertiary/aromatic N) is 2. The summed E-state index contributed by atoms with van der Waals surface area (Å²) in [6.07, 6.45) is 1.73. The summed E-state index contributed by atoms with van der Waals surface area (Å²) in [5.74, 6) is 1.72. The minimum absolute atomic E-state index is 0.000775. The fourth-order valence-corrected chi connectivity index (χ4v) is 4.76. The Balaban J connectivity index is 2.05. The molecule has 26 heavy (non-hydrogen) atoms. The largest absolute Gasteiger partial charge is 0.325 e. The average molecular weight is 479 g/mol. The third-order valence-corrected chi connectivity index (χ3v) is 5.84. The normalized spacial score (nSPS) is 11.8.